The Morgan fingerprint density at radius 1 is 1.33 bits per heavy atom. The minimum atomic E-state index is -0.532. The molecule has 0 aliphatic heterocycles. The quantitative estimate of drug-likeness (QED) is 0.459. The van der Waals surface area contributed by atoms with Gasteiger partial charge in [-0.15, -0.1) is 0 Å². The molecule has 72 valence electrons. The molecule has 0 saturated carbocycles. The van der Waals surface area contributed by atoms with Crippen molar-refractivity contribution in [2.75, 3.05) is 21.0 Å². The Labute approximate surface area is 72.8 Å². The van der Waals surface area contributed by atoms with Crippen molar-refractivity contribution in [3.63, 3.8) is 0 Å². The monoisotopic (exact) mass is 176 g/mol. The van der Waals surface area contributed by atoms with Gasteiger partial charge in [-0.1, -0.05) is 13.8 Å². The molecule has 0 saturated heterocycles. The molecule has 12 heavy (non-hydrogen) atoms. The van der Waals surface area contributed by atoms with Gasteiger partial charge >= 0.3 is 5.97 Å². The van der Waals surface area contributed by atoms with Crippen molar-refractivity contribution in [2.24, 2.45) is 5.92 Å². The summed E-state index contributed by atoms with van der Waals surface area (Å²) in [5.74, 6) is -0.269. The highest BCUT2D eigenvalue weighted by Crippen LogP contribution is 2.07. The number of carbonyl (C=O) groups excluding carboxylic acids is 1. The first-order chi connectivity index (χ1) is 5.63. The first-order valence-corrected chi connectivity index (χ1v) is 3.81. The molecule has 0 amide bonds. The predicted molar refractivity (Wildman–Crippen MR) is 43.6 cm³/mol. The lowest BCUT2D eigenvalue weighted by molar-refractivity contribution is -0.166. The van der Waals surface area contributed by atoms with E-state index >= 15 is 0 Å². The largest absolute Gasteiger partial charge is 0.467 e. The van der Waals surface area contributed by atoms with Gasteiger partial charge in [0, 0.05) is 7.11 Å². The highest BCUT2D eigenvalue weighted by atomic mass is 16.7. The third kappa shape index (κ3) is 3.69. The zero-order valence-corrected chi connectivity index (χ0v) is 7.99. The third-order valence-corrected chi connectivity index (χ3v) is 1.40. The fraction of sp³-hybridized carbons (Fsp3) is 0.875. The fourth-order valence-corrected chi connectivity index (χ4v) is 0.790. The van der Waals surface area contributed by atoms with E-state index in [0.717, 1.165) is 0 Å². The molecule has 0 fully saturated rings. The number of hydrogen-bond acceptors (Lipinski definition) is 4. The van der Waals surface area contributed by atoms with Crippen LogP contribution in [-0.2, 0) is 19.0 Å². The van der Waals surface area contributed by atoms with Crippen LogP contribution in [0.2, 0.25) is 0 Å². The van der Waals surface area contributed by atoms with Gasteiger partial charge in [0.15, 0.2) is 6.10 Å². The topological polar surface area (TPSA) is 44.8 Å². The molecule has 0 aliphatic rings. The summed E-state index contributed by atoms with van der Waals surface area (Å²) < 4.78 is 14.3. The van der Waals surface area contributed by atoms with Gasteiger partial charge in [0.25, 0.3) is 0 Å². The van der Waals surface area contributed by atoms with E-state index in [9.17, 15) is 4.79 Å². The Morgan fingerprint density at radius 3 is 2.25 bits per heavy atom. The molecule has 0 spiro atoms. The van der Waals surface area contributed by atoms with E-state index in [-0.39, 0.29) is 18.7 Å². The van der Waals surface area contributed by atoms with Gasteiger partial charge in [0.1, 0.15) is 6.79 Å². The Bertz CT molecular complexity index is 133. The molecule has 0 radical (unpaired) electrons. The standard InChI is InChI=1S/C8H16O4/c1-6(2)7(8(9)11-4)12-5-10-3/h6-7H,5H2,1-4H3/t7-/m0/s1. The average molecular weight is 176 g/mol. The van der Waals surface area contributed by atoms with E-state index in [1.54, 1.807) is 0 Å². The Kier molecular flexibility index (Phi) is 5.66. The van der Waals surface area contributed by atoms with Gasteiger partial charge in [0.05, 0.1) is 7.11 Å². The van der Waals surface area contributed by atoms with E-state index in [4.69, 9.17) is 4.74 Å². The molecule has 4 heteroatoms. The molecule has 0 aromatic heterocycles. The van der Waals surface area contributed by atoms with E-state index in [1.165, 1.54) is 14.2 Å². The second-order valence-electron chi connectivity index (χ2n) is 2.76. The molecule has 0 N–H and O–H groups in total. The summed E-state index contributed by atoms with van der Waals surface area (Å²) in [6.45, 7) is 3.88. The minimum Gasteiger partial charge on any atom is -0.467 e. The van der Waals surface area contributed by atoms with Crippen LogP contribution in [0.1, 0.15) is 13.8 Å². The van der Waals surface area contributed by atoms with Crippen LogP contribution < -0.4 is 0 Å². The number of methoxy groups -OCH3 is 2. The highest BCUT2D eigenvalue weighted by Gasteiger charge is 2.23. The Hall–Kier alpha value is -0.610. The summed E-state index contributed by atoms with van der Waals surface area (Å²) in [6.07, 6.45) is -0.532. The molecule has 0 aromatic rings. The molecule has 0 aromatic carbocycles. The van der Waals surface area contributed by atoms with Crippen molar-refractivity contribution in [2.45, 2.75) is 20.0 Å². The fourth-order valence-electron chi connectivity index (χ4n) is 0.790. The lowest BCUT2D eigenvalue weighted by atomic mass is 10.1. The van der Waals surface area contributed by atoms with Crippen LogP contribution in [0.15, 0.2) is 0 Å². The maximum Gasteiger partial charge on any atom is 0.335 e. The van der Waals surface area contributed by atoms with Crippen LogP contribution in [0.4, 0.5) is 0 Å². The molecule has 0 rings (SSSR count). The summed E-state index contributed by atoms with van der Waals surface area (Å²) >= 11 is 0. The molecule has 1 atom stereocenters. The van der Waals surface area contributed by atoms with Crippen molar-refractivity contribution in [1.29, 1.82) is 0 Å². The molecule has 0 bridgehead atoms. The van der Waals surface area contributed by atoms with Crippen LogP contribution in [-0.4, -0.2) is 33.1 Å². The van der Waals surface area contributed by atoms with Crippen molar-refractivity contribution < 1.29 is 19.0 Å². The SMILES string of the molecule is COCO[C@H](C(=O)OC)C(C)C. The zero-order chi connectivity index (χ0) is 9.56. The first-order valence-electron chi connectivity index (χ1n) is 3.81. The zero-order valence-electron chi connectivity index (χ0n) is 7.99. The summed E-state index contributed by atoms with van der Waals surface area (Å²) in [6, 6.07) is 0. The van der Waals surface area contributed by atoms with E-state index in [1.807, 2.05) is 13.8 Å². The maximum absolute atomic E-state index is 11.1. The first kappa shape index (κ1) is 11.4. The Morgan fingerprint density at radius 2 is 1.92 bits per heavy atom. The predicted octanol–water partition coefficient (Wildman–Crippen LogP) is 0.804. The molecular formula is C8H16O4. The maximum atomic E-state index is 11.1. The summed E-state index contributed by atoms with van der Waals surface area (Å²) in [5.41, 5.74) is 0. The van der Waals surface area contributed by atoms with E-state index in [2.05, 4.69) is 9.47 Å². The van der Waals surface area contributed by atoms with Gasteiger partial charge in [-0.05, 0) is 5.92 Å². The van der Waals surface area contributed by atoms with Gasteiger partial charge in [0.2, 0.25) is 0 Å². The van der Waals surface area contributed by atoms with Crippen molar-refractivity contribution >= 4 is 5.97 Å². The second-order valence-corrected chi connectivity index (χ2v) is 2.76. The highest BCUT2D eigenvalue weighted by molar-refractivity contribution is 5.74. The van der Waals surface area contributed by atoms with Crippen LogP contribution in [0.3, 0.4) is 0 Å². The van der Waals surface area contributed by atoms with Crippen LogP contribution >= 0.6 is 0 Å². The van der Waals surface area contributed by atoms with Gasteiger partial charge in [-0.3, -0.25) is 0 Å². The number of ether oxygens (including phenoxy) is 3. The van der Waals surface area contributed by atoms with Crippen molar-refractivity contribution in [3.05, 3.63) is 0 Å². The molecule has 0 heterocycles. The minimum absolute atomic E-state index is 0.0904. The summed E-state index contributed by atoms with van der Waals surface area (Å²) in [7, 11) is 2.85. The van der Waals surface area contributed by atoms with Gasteiger partial charge in [-0.2, -0.15) is 0 Å². The second kappa shape index (κ2) is 5.97. The molecule has 0 unspecified atom stereocenters. The number of carbonyl (C=O) groups is 1. The summed E-state index contributed by atoms with van der Waals surface area (Å²) in [5, 5.41) is 0. The number of hydrogen-bond donors (Lipinski definition) is 0. The normalized spacial score (nSPS) is 13.1. The number of rotatable bonds is 5. The lowest BCUT2D eigenvalue weighted by Crippen LogP contribution is -2.31. The van der Waals surface area contributed by atoms with Crippen LogP contribution in [0.5, 0.6) is 0 Å². The Balaban J connectivity index is 3.95. The van der Waals surface area contributed by atoms with E-state index in [0.29, 0.717) is 0 Å². The third-order valence-electron chi connectivity index (χ3n) is 1.40. The number of esters is 1. The van der Waals surface area contributed by atoms with Crippen molar-refractivity contribution in [1.82, 2.24) is 0 Å². The van der Waals surface area contributed by atoms with Crippen LogP contribution in [0, 0.1) is 5.92 Å². The average Bonchev–Trinajstić information content (AvgIpc) is 2.04. The molecular weight excluding hydrogens is 160 g/mol. The molecule has 4 nitrogen and oxygen atoms in total. The lowest BCUT2D eigenvalue weighted by Gasteiger charge is -2.17. The van der Waals surface area contributed by atoms with Gasteiger partial charge in [-0.25, -0.2) is 4.79 Å². The van der Waals surface area contributed by atoms with Gasteiger partial charge < -0.3 is 14.2 Å². The van der Waals surface area contributed by atoms with Crippen LogP contribution in [0.25, 0.3) is 0 Å². The molecule has 0 aliphatic carbocycles. The smallest absolute Gasteiger partial charge is 0.335 e. The summed E-state index contributed by atoms with van der Waals surface area (Å²) in [4.78, 5) is 11.1. The van der Waals surface area contributed by atoms with Crippen molar-refractivity contribution in [3.8, 4) is 0 Å². The van der Waals surface area contributed by atoms with E-state index < -0.39 is 6.10 Å².